The zero-order chi connectivity index (χ0) is 11.7. The van der Waals surface area contributed by atoms with E-state index in [1.165, 1.54) is 42.0 Å². The minimum atomic E-state index is 0.342. The standard InChI is InChI=1S/C16H19N/c17-16-11-4-3-9-15(16)14-10-5-7-12-6-1-2-8-13(12)14/h1-2,5-8,10,15-16H,3-4,9,11,17H2. The molecule has 3 rings (SSSR count). The molecule has 1 heteroatoms. The molecule has 0 spiro atoms. The third kappa shape index (κ3) is 1.96. The van der Waals surface area contributed by atoms with Gasteiger partial charge in [-0.2, -0.15) is 0 Å². The van der Waals surface area contributed by atoms with E-state index in [2.05, 4.69) is 42.5 Å². The molecular formula is C16H19N. The quantitative estimate of drug-likeness (QED) is 0.784. The van der Waals surface area contributed by atoms with Gasteiger partial charge >= 0.3 is 0 Å². The van der Waals surface area contributed by atoms with Crippen LogP contribution in [0.15, 0.2) is 42.5 Å². The molecule has 2 atom stereocenters. The topological polar surface area (TPSA) is 26.0 Å². The summed E-state index contributed by atoms with van der Waals surface area (Å²) in [6.07, 6.45) is 5.03. The fraction of sp³-hybridized carbons (Fsp3) is 0.375. The van der Waals surface area contributed by atoms with E-state index >= 15 is 0 Å². The summed E-state index contributed by atoms with van der Waals surface area (Å²) in [5.41, 5.74) is 7.76. The molecule has 2 aromatic carbocycles. The molecule has 0 amide bonds. The van der Waals surface area contributed by atoms with Crippen molar-refractivity contribution in [3.8, 4) is 0 Å². The molecule has 0 saturated heterocycles. The molecule has 1 fully saturated rings. The van der Waals surface area contributed by atoms with Gasteiger partial charge in [0.2, 0.25) is 0 Å². The molecule has 2 N–H and O–H groups in total. The lowest BCUT2D eigenvalue weighted by Crippen LogP contribution is -2.31. The Balaban J connectivity index is 2.10. The third-order valence-corrected chi connectivity index (χ3v) is 4.04. The Bertz CT molecular complexity index is 512. The first-order chi connectivity index (χ1) is 8.36. The minimum absolute atomic E-state index is 0.342. The van der Waals surface area contributed by atoms with Crippen molar-refractivity contribution in [1.29, 1.82) is 0 Å². The molecule has 0 bridgehead atoms. The van der Waals surface area contributed by atoms with E-state index in [4.69, 9.17) is 5.73 Å². The van der Waals surface area contributed by atoms with E-state index in [-0.39, 0.29) is 0 Å². The zero-order valence-electron chi connectivity index (χ0n) is 10.1. The van der Waals surface area contributed by atoms with E-state index in [0.29, 0.717) is 12.0 Å². The van der Waals surface area contributed by atoms with Gasteiger partial charge in [-0.1, -0.05) is 55.3 Å². The van der Waals surface area contributed by atoms with Crippen LogP contribution in [0.2, 0.25) is 0 Å². The van der Waals surface area contributed by atoms with Crippen molar-refractivity contribution >= 4 is 10.8 Å². The smallest absolute Gasteiger partial charge is 0.0108 e. The summed E-state index contributed by atoms with van der Waals surface area (Å²) in [6, 6.07) is 15.6. The maximum atomic E-state index is 6.30. The number of hydrogen-bond acceptors (Lipinski definition) is 1. The first-order valence-electron chi connectivity index (χ1n) is 6.59. The van der Waals surface area contributed by atoms with E-state index in [9.17, 15) is 0 Å². The van der Waals surface area contributed by atoms with Gasteiger partial charge in [0.15, 0.2) is 0 Å². The Hall–Kier alpha value is -1.34. The number of nitrogens with two attached hydrogens (primary N) is 1. The molecular weight excluding hydrogens is 206 g/mol. The highest BCUT2D eigenvalue weighted by atomic mass is 14.7. The number of benzene rings is 2. The summed E-state index contributed by atoms with van der Waals surface area (Å²) in [4.78, 5) is 0. The first kappa shape index (κ1) is 10.8. The molecule has 2 unspecified atom stereocenters. The minimum Gasteiger partial charge on any atom is -0.327 e. The fourth-order valence-electron chi connectivity index (χ4n) is 3.12. The highest BCUT2D eigenvalue weighted by Crippen LogP contribution is 2.35. The maximum absolute atomic E-state index is 6.30. The molecule has 0 heterocycles. The van der Waals surface area contributed by atoms with E-state index in [1.54, 1.807) is 0 Å². The van der Waals surface area contributed by atoms with Gasteiger partial charge in [0.25, 0.3) is 0 Å². The predicted molar refractivity (Wildman–Crippen MR) is 73.1 cm³/mol. The van der Waals surface area contributed by atoms with Crippen LogP contribution >= 0.6 is 0 Å². The van der Waals surface area contributed by atoms with Crippen LogP contribution in [0.4, 0.5) is 0 Å². The molecule has 2 aromatic rings. The van der Waals surface area contributed by atoms with Crippen LogP contribution in [0.3, 0.4) is 0 Å². The van der Waals surface area contributed by atoms with Gasteiger partial charge in [0.1, 0.15) is 0 Å². The van der Waals surface area contributed by atoms with Gasteiger partial charge in [-0.3, -0.25) is 0 Å². The van der Waals surface area contributed by atoms with Crippen LogP contribution in [-0.4, -0.2) is 6.04 Å². The Morgan fingerprint density at radius 3 is 2.53 bits per heavy atom. The molecule has 1 aliphatic rings. The lowest BCUT2D eigenvalue weighted by Gasteiger charge is -2.29. The van der Waals surface area contributed by atoms with Crippen molar-refractivity contribution in [2.45, 2.75) is 37.6 Å². The zero-order valence-corrected chi connectivity index (χ0v) is 10.1. The summed E-state index contributed by atoms with van der Waals surface area (Å²) in [5, 5.41) is 2.72. The van der Waals surface area contributed by atoms with Crippen molar-refractivity contribution in [2.24, 2.45) is 5.73 Å². The highest BCUT2D eigenvalue weighted by molar-refractivity contribution is 5.86. The average molecular weight is 225 g/mol. The highest BCUT2D eigenvalue weighted by Gasteiger charge is 2.24. The second kappa shape index (κ2) is 4.50. The largest absolute Gasteiger partial charge is 0.327 e. The molecule has 1 nitrogen and oxygen atoms in total. The lowest BCUT2D eigenvalue weighted by molar-refractivity contribution is 0.387. The van der Waals surface area contributed by atoms with Crippen LogP contribution in [-0.2, 0) is 0 Å². The number of rotatable bonds is 1. The van der Waals surface area contributed by atoms with Gasteiger partial charge in [-0.05, 0) is 35.1 Å². The molecule has 1 saturated carbocycles. The predicted octanol–water partition coefficient (Wildman–Crippen LogP) is 3.82. The van der Waals surface area contributed by atoms with Crippen molar-refractivity contribution in [3.05, 3.63) is 48.0 Å². The van der Waals surface area contributed by atoms with Crippen LogP contribution in [0, 0.1) is 0 Å². The molecule has 0 radical (unpaired) electrons. The number of fused-ring (bicyclic) bond motifs is 1. The van der Waals surface area contributed by atoms with Crippen molar-refractivity contribution in [3.63, 3.8) is 0 Å². The summed E-state index contributed by atoms with van der Waals surface area (Å²) in [5.74, 6) is 0.551. The van der Waals surface area contributed by atoms with Crippen molar-refractivity contribution in [2.75, 3.05) is 0 Å². The summed E-state index contributed by atoms with van der Waals surface area (Å²) in [7, 11) is 0. The molecule has 17 heavy (non-hydrogen) atoms. The second-order valence-electron chi connectivity index (χ2n) is 5.12. The van der Waals surface area contributed by atoms with E-state index < -0.39 is 0 Å². The van der Waals surface area contributed by atoms with Crippen molar-refractivity contribution < 1.29 is 0 Å². The molecule has 0 aromatic heterocycles. The molecule has 88 valence electrons. The fourth-order valence-corrected chi connectivity index (χ4v) is 3.12. The van der Waals surface area contributed by atoms with Crippen molar-refractivity contribution in [1.82, 2.24) is 0 Å². The third-order valence-electron chi connectivity index (χ3n) is 4.04. The monoisotopic (exact) mass is 225 g/mol. The van der Waals surface area contributed by atoms with Crippen LogP contribution < -0.4 is 5.73 Å². The summed E-state index contributed by atoms with van der Waals surface area (Å²) in [6.45, 7) is 0. The Morgan fingerprint density at radius 1 is 0.882 bits per heavy atom. The molecule has 1 aliphatic carbocycles. The lowest BCUT2D eigenvalue weighted by atomic mass is 9.79. The normalized spacial score (nSPS) is 25.0. The molecule has 0 aliphatic heterocycles. The summed E-state index contributed by atoms with van der Waals surface area (Å²) < 4.78 is 0. The summed E-state index contributed by atoms with van der Waals surface area (Å²) >= 11 is 0. The van der Waals surface area contributed by atoms with Gasteiger partial charge < -0.3 is 5.73 Å². The van der Waals surface area contributed by atoms with Crippen LogP contribution in [0.5, 0.6) is 0 Å². The SMILES string of the molecule is NC1CCCCC1c1cccc2ccccc12. The Kier molecular flexibility index (Phi) is 2.86. The van der Waals surface area contributed by atoms with Crippen LogP contribution in [0.1, 0.15) is 37.2 Å². The maximum Gasteiger partial charge on any atom is 0.0108 e. The first-order valence-corrected chi connectivity index (χ1v) is 6.59. The second-order valence-corrected chi connectivity index (χ2v) is 5.12. The van der Waals surface area contributed by atoms with Gasteiger partial charge in [-0.25, -0.2) is 0 Å². The average Bonchev–Trinajstić information content (AvgIpc) is 2.39. The van der Waals surface area contributed by atoms with Gasteiger partial charge in [0.05, 0.1) is 0 Å². The number of hydrogen-bond donors (Lipinski definition) is 1. The van der Waals surface area contributed by atoms with Gasteiger partial charge in [0, 0.05) is 6.04 Å². The Morgan fingerprint density at radius 2 is 1.65 bits per heavy atom. The van der Waals surface area contributed by atoms with Crippen LogP contribution in [0.25, 0.3) is 10.8 Å². The Labute approximate surface area is 103 Å². The van der Waals surface area contributed by atoms with E-state index in [1.807, 2.05) is 0 Å². The van der Waals surface area contributed by atoms with Gasteiger partial charge in [-0.15, -0.1) is 0 Å². The van der Waals surface area contributed by atoms with E-state index in [0.717, 1.165) is 0 Å².